The van der Waals surface area contributed by atoms with E-state index in [1.807, 2.05) is 24.3 Å². The van der Waals surface area contributed by atoms with E-state index in [4.69, 9.17) is 4.74 Å². The smallest absolute Gasteiger partial charge is 0.311 e. The van der Waals surface area contributed by atoms with Gasteiger partial charge < -0.3 is 4.74 Å². The minimum atomic E-state index is -0.182. The molecule has 3 aromatic rings. The zero-order valence-corrected chi connectivity index (χ0v) is 17.3. The number of carbonyl (C=O) groups is 1. The van der Waals surface area contributed by atoms with Gasteiger partial charge in [0.1, 0.15) is 5.75 Å². The second kappa shape index (κ2) is 9.78. The fourth-order valence-corrected chi connectivity index (χ4v) is 5.02. The molecule has 0 fully saturated rings. The molecule has 0 aromatic heterocycles. The molecule has 4 heteroatoms. The molecule has 0 heterocycles. The predicted octanol–water partition coefficient (Wildman–Crippen LogP) is 5.90. The van der Waals surface area contributed by atoms with Crippen LogP contribution in [0.1, 0.15) is 12.8 Å². The summed E-state index contributed by atoms with van der Waals surface area (Å²) < 4.78 is 6.38. The van der Waals surface area contributed by atoms with E-state index in [-0.39, 0.29) is 16.9 Å². The monoisotopic (exact) mass is 475 g/mol. The van der Waals surface area contributed by atoms with Crippen LogP contribution >= 0.6 is 22.6 Å². The van der Waals surface area contributed by atoms with Gasteiger partial charge in [0.05, 0.1) is 10.9 Å². The molecule has 132 valence electrons. The van der Waals surface area contributed by atoms with Crippen LogP contribution in [0, 0.1) is 0 Å². The molecule has 0 saturated carbocycles. The van der Waals surface area contributed by atoms with Crippen molar-refractivity contribution in [1.82, 2.24) is 0 Å². The lowest BCUT2D eigenvalue weighted by Crippen LogP contribution is -2.08. The predicted molar refractivity (Wildman–Crippen MR) is 115 cm³/mol. The van der Waals surface area contributed by atoms with Gasteiger partial charge in [-0.3, -0.25) is 4.79 Å². The second-order valence-electron chi connectivity index (χ2n) is 5.67. The van der Waals surface area contributed by atoms with Gasteiger partial charge in [0.2, 0.25) is 0 Å². The summed E-state index contributed by atoms with van der Waals surface area (Å²) in [6.45, 7) is 0. The molecule has 3 aromatic carbocycles. The minimum absolute atomic E-state index is 0.167. The Morgan fingerprint density at radius 3 is 1.77 bits per heavy atom. The molecule has 0 aliphatic carbocycles. The van der Waals surface area contributed by atoms with Crippen molar-refractivity contribution in [3.63, 3.8) is 0 Å². The molecular weight excluding hydrogens is 455 g/mol. The summed E-state index contributed by atoms with van der Waals surface area (Å²) in [7, 11) is -0.182. The van der Waals surface area contributed by atoms with E-state index in [1.54, 1.807) is 0 Å². The summed E-state index contributed by atoms with van der Waals surface area (Å²) in [5.41, 5.74) is 0. The van der Waals surface area contributed by atoms with E-state index in [0.717, 1.165) is 10.8 Å². The van der Waals surface area contributed by atoms with Crippen molar-refractivity contribution in [3.8, 4) is 5.75 Å². The highest BCUT2D eigenvalue weighted by Gasteiger charge is 2.28. The maximum Gasteiger partial charge on any atom is 0.311 e. The van der Waals surface area contributed by atoms with Crippen molar-refractivity contribution >= 4 is 39.5 Å². The van der Waals surface area contributed by atoms with Crippen molar-refractivity contribution in [3.05, 3.63) is 84.9 Å². The van der Waals surface area contributed by atoms with Crippen molar-refractivity contribution in [2.75, 3.05) is 4.43 Å². The van der Waals surface area contributed by atoms with Gasteiger partial charge in [-0.15, -0.1) is 0 Å². The number of rotatable bonds is 7. The fraction of sp³-hybridized carbons (Fsp3) is 0.136. The highest BCUT2D eigenvalue weighted by molar-refractivity contribution is 14.1. The summed E-state index contributed by atoms with van der Waals surface area (Å²) in [6.07, 6.45) is 1.31. The van der Waals surface area contributed by atoms with Gasteiger partial charge in [-0.1, -0.05) is 59.0 Å². The van der Waals surface area contributed by atoms with E-state index in [0.29, 0.717) is 12.2 Å². The zero-order chi connectivity index (χ0) is 18.2. The number of halogens is 1. The maximum absolute atomic E-state index is 11.8. The van der Waals surface area contributed by atoms with Crippen LogP contribution in [-0.4, -0.2) is 10.4 Å². The topological polar surface area (TPSA) is 26.3 Å². The van der Waals surface area contributed by atoms with Crippen LogP contribution in [0.5, 0.6) is 5.75 Å². The first-order valence-electron chi connectivity index (χ1n) is 8.49. The number of benzene rings is 3. The maximum atomic E-state index is 11.8. The Hall–Kier alpha value is -1.79. The third-order valence-corrected chi connectivity index (χ3v) is 6.76. The molecular formula is C22H20IO2S+. The van der Waals surface area contributed by atoms with E-state index in [9.17, 15) is 4.79 Å². The van der Waals surface area contributed by atoms with Gasteiger partial charge in [-0.05, 0) is 55.0 Å². The Kier molecular flexibility index (Phi) is 7.14. The highest BCUT2D eigenvalue weighted by atomic mass is 127. The number of hydrogen-bond donors (Lipinski definition) is 0. The Balaban J connectivity index is 1.85. The van der Waals surface area contributed by atoms with E-state index in [2.05, 4.69) is 83.3 Å². The molecule has 2 nitrogen and oxygen atoms in total. The molecule has 0 spiro atoms. The first-order valence-corrected chi connectivity index (χ1v) is 11.2. The van der Waals surface area contributed by atoms with Crippen molar-refractivity contribution < 1.29 is 9.53 Å². The Morgan fingerprint density at radius 2 is 1.27 bits per heavy atom. The number of esters is 1. The van der Waals surface area contributed by atoms with E-state index >= 15 is 0 Å². The Bertz CT molecular complexity index is 780. The molecule has 3 rings (SSSR count). The molecule has 0 atom stereocenters. The van der Waals surface area contributed by atoms with E-state index in [1.165, 1.54) is 14.7 Å². The van der Waals surface area contributed by atoms with Crippen LogP contribution in [0.25, 0.3) is 0 Å². The highest BCUT2D eigenvalue weighted by Crippen LogP contribution is 2.31. The fourth-order valence-electron chi connectivity index (χ4n) is 2.56. The number of hydrogen-bond acceptors (Lipinski definition) is 2. The van der Waals surface area contributed by atoms with Gasteiger partial charge in [0.15, 0.2) is 14.7 Å². The second-order valence-corrected chi connectivity index (χ2v) is 8.78. The minimum Gasteiger partial charge on any atom is -0.427 e. The van der Waals surface area contributed by atoms with Crippen molar-refractivity contribution in [1.29, 1.82) is 0 Å². The zero-order valence-electron chi connectivity index (χ0n) is 14.3. The first-order chi connectivity index (χ1) is 12.8. The molecule has 0 bridgehead atoms. The normalized spacial score (nSPS) is 10.7. The van der Waals surface area contributed by atoms with Crippen LogP contribution < -0.4 is 4.74 Å². The largest absolute Gasteiger partial charge is 0.427 e. The summed E-state index contributed by atoms with van der Waals surface area (Å²) in [4.78, 5) is 15.6. The van der Waals surface area contributed by atoms with Gasteiger partial charge >= 0.3 is 5.97 Å². The molecule has 26 heavy (non-hydrogen) atoms. The third kappa shape index (κ3) is 5.11. The average Bonchev–Trinajstić information content (AvgIpc) is 2.70. The summed E-state index contributed by atoms with van der Waals surface area (Å²) in [6, 6.07) is 28.9. The van der Waals surface area contributed by atoms with Crippen LogP contribution in [0.2, 0.25) is 0 Å². The summed E-state index contributed by atoms with van der Waals surface area (Å²) in [5, 5.41) is 0. The Labute approximate surface area is 171 Å². The first kappa shape index (κ1) is 19.0. The van der Waals surface area contributed by atoms with Crippen LogP contribution in [0.15, 0.2) is 99.6 Å². The molecule has 0 unspecified atom stereocenters. The van der Waals surface area contributed by atoms with Crippen LogP contribution in [-0.2, 0) is 15.7 Å². The lowest BCUT2D eigenvalue weighted by molar-refractivity contribution is -0.134. The SMILES string of the molecule is O=C(CCCI)Oc1ccc([S+](c2ccccc2)c2ccccc2)cc1. The number of carbonyl (C=O) groups excluding carboxylic acids is 1. The standard InChI is InChI=1S/C22H20IO2S/c23-17-7-12-22(24)25-18-13-15-21(16-14-18)26(19-8-3-1-4-9-19)20-10-5-2-6-11-20/h1-6,8-11,13-16H,7,12,17H2/q+1. The van der Waals surface area contributed by atoms with Crippen molar-refractivity contribution in [2.45, 2.75) is 27.5 Å². The number of ether oxygens (including phenoxy) is 1. The Morgan fingerprint density at radius 1 is 0.769 bits per heavy atom. The van der Waals surface area contributed by atoms with Gasteiger partial charge in [-0.25, -0.2) is 0 Å². The molecule has 0 aliphatic heterocycles. The summed E-state index contributed by atoms with van der Waals surface area (Å²) >= 11 is 2.27. The van der Waals surface area contributed by atoms with Crippen LogP contribution in [0.4, 0.5) is 0 Å². The molecule has 0 amide bonds. The quantitative estimate of drug-likeness (QED) is 0.140. The van der Waals surface area contributed by atoms with Crippen molar-refractivity contribution in [2.24, 2.45) is 0 Å². The summed E-state index contributed by atoms with van der Waals surface area (Å²) in [5.74, 6) is 0.441. The lowest BCUT2D eigenvalue weighted by Gasteiger charge is -2.09. The van der Waals surface area contributed by atoms with Crippen LogP contribution in [0.3, 0.4) is 0 Å². The number of alkyl halides is 1. The average molecular weight is 475 g/mol. The molecule has 0 aliphatic rings. The molecule has 0 N–H and O–H groups in total. The van der Waals surface area contributed by atoms with E-state index < -0.39 is 0 Å². The van der Waals surface area contributed by atoms with Gasteiger partial charge in [0, 0.05) is 10.8 Å². The van der Waals surface area contributed by atoms with Gasteiger partial charge in [-0.2, -0.15) is 0 Å². The molecule has 0 radical (unpaired) electrons. The lowest BCUT2D eigenvalue weighted by atomic mass is 10.3. The third-order valence-electron chi connectivity index (χ3n) is 3.76. The molecule has 0 saturated heterocycles. The van der Waals surface area contributed by atoms with Gasteiger partial charge in [0.25, 0.3) is 0 Å².